The van der Waals surface area contributed by atoms with Crippen LogP contribution in [0.4, 0.5) is 0 Å². The average Bonchev–Trinajstić information content (AvgIpc) is 3.30. The second kappa shape index (κ2) is 118. The van der Waals surface area contributed by atoms with Crippen LogP contribution in [0.5, 0.6) is 0 Å². The molecule has 0 saturated heterocycles. The predicted octanol–water partition coefficient (Wildman–Crippen LogP) is -2.93. The molecular formula is C45H101NO21Y15. The van der Waals surface area contributed by atoms with E-state index in [4.69, 9.17) is 89.7 Å². The molecule has 15 radical (unpaired) electrons. The molecule has 0 spiro atoms. The molecule has 0 saturated carbocycles. The molecule has 0 aromatic rings. The van der Waals surface area contributed by atoms with Crippen LogP contribution in [0, 0.1) is 16.2 Å². The first kappa shape index (κ1) is 151. The normalized spacial score (nSPS) is 11.6. The number of aliphatic hydroxyl groups is 15. The zero-order valence-electron chi connectivity index (χ0n) is 50.7. The van der Waals surface area contributed by atoms with Crippen molar-refractivity contribution in [2.75, 3.05) is 172 Å². The van der Waals surface area contributed by atoms with Crippen LogP contribution in [-0.4, -0.2) is 278 Å². The van der Waals surface area contributed by atoms with Gasteiger partial charge in [-0.05, 0) is 59.3 Å². The number of ether oxygens (including phenoxy) is 6. The Hall–Kier alpha value is 15.7. The molecule has 0 bridgehead atoms. The number of unbranched alkanes of at least 4 members (excludes halogenated alkanes) is 1. The molecule has 0 amide bonds. The van der Waals surface area contributed by atoms with Crippen LogP contribution in [-0.2, 0) is 519 Å². The summed E-state index contributed by atoms with van der Waals surface area (Å²) in [5, 5.41) is 131. The Balaban J connectivity index is -0.0000000323. The standard InChI is InChI=1S/C15H32O6.C12H26O6.C6H15NO3.2C6H14O3.15Y/c1-5-15(9-19-6-12(2)16,10-20-7-13(3)17)11-21-8-14(4)18;1-2-12(9-16-6-3-13,10-17-7-4-14)11-18-8-5-15;8-4-1-7(2-5-9)3-6-10;1-2-6(3-7,4-8)5-9;7-4-2-1-3-6(9)5-8;;;;;;;;;;;;;;;/h12-14,16-18H,5-11H2,1-4H3;13-15H,2-11H2,1H3;8-10H,1-6H2;7-9H,2-5H2,1H3;6-9H,1-5H2;;;;;;;;;;;;;;;/t;;;;6-;;;;;;;;;;;;;;;/m....0.............../s1. The van der Waals surface area contributed by atoms with Crippen LogP contribution < -0.4 is 0 Å². The summed E-state index contributed by atoms with van der Waals surface area (Å²) in [5.74, 6) is 0. The van der Waals surface area contributed by atoms with Gasteiger partial charge in [0.2, 0.25) is 0 Å². The van der Waals surface area contributed by atoms with Crippen LogP contribution in [0.15, 0.2) is 0 Å². The van der Waals surface area contributed by atoms with Crippen LogP contribution in [0.3, 0.4) is 0 Å². The smallest absolute Gasteiger partial charge is 0.0771 e. The van der Waals surface area contributed by atoms with E-state index in [1.54, 1.807) is 25.7 Å². The van der Waals surface area contributed by atoms with Gasteiger partial charge in [0.25, 0.3) is 0 Å². The zero-order chi connectivity index (χ0) is 52.3. The van der Waals surface area contributed by atoms with Crippen molar-refractivity contribution in [3.63, 3.8) is 0 Å². The molecule has 0 heterocycles. The quantitative estimate of drug-likeness (QED) is 0.0273. The summed E-state index contributed by atoms with van der Waals surface area (Å²) in [6.45, 7) is 16.1. The first-order chi connectivity index (χ1) is 31.9. The topological polar surface area (TPSA) is 362 Å². The van der Waals surface area contributed by atoms with E-state index in [2.05, 4.69) is 0 Å². The third kappa shape index (κ3) is 109. The molecule has 0 aromatic heterocycles. The summed E-state index contributed by atoms with van der Waals surface area (Å²) < 4.78 is 32.7. The summed E-state index contributed by atoms with van der Waals surface area (Å²) in [6, 6.07) is 0. The van der Waals surface area contributed by atoms with Gasteiger partial charge >= 0.3 is 0 Å². The van der Waals surface area contributed by atoms with E-state index >= 15 is 0 Å². The molecule has 37 heteroatoms. The molecule has 4 atom stereocenters. The maximum absolute atomic E-state index is 9.27. The molecule has 0 aliphatic heterocycles. The summed E-state index contributed by atoms with van der Waals surface area (Å²) in [6.07, 6.45) is 2.06. The predicted molar refractivity (Wildman–Crippen MR) is 252 cm³/mol. The van der Waals surface area contributed by atoms with Gasteiger partial charge in [0.15, 0.2) is 0 Å². The zero-order valence-corrected chi connectivity index (χ0v) is 93.3. The van der Waals surface area contributed by atoms with Crippen LogP contribution >= 0.6 is 0 Å². The SMILES string of the molecule is CCC(CO)(CO)CO.CCC(COCC(C)O)(COCC(C)O)COCC(C)O.CCC(COCCO)(COCCO)COCCO.OCCCC[C@H](O)CO.OCCN(CCO)CCO.[Y].[Y].[Y].[Y].[Y].[Y].[Y].[Y].[Y].[Y].[Y].[Y].[Y].[Y].[Y]. The molecule has 0 aliphatic rings. The third-order valence-corrected chi connectivity index (χ3v) is 9.89. The Labute approximate surface area is 872 Å². The molecular weight excluding hydrogens is 2220 g/mol. The van der Waals surface area contributed by atoms with E-state index in [1.165, 1.54) is 0 Å². The molecule has 15 N–H and O–H groups in total. The van der Waals surface area contributed by atoms with Crippen LogP contribution in [0.2, 0.25) is 0 Å². The van der Waals surface area contributed by atoms with Gasteiger partial charge in [-0.3, -0.25) is 4.90 Å². The van der Waals surface area contributed by atoms with Gasteiger partial charge in [0.05, 0.1) is 170 Å². The second-order valence-electron chi connectivity index (χ2n) is 16.5. The van der Waals surface area contributed by atoms with Crippen molar-refractivity contribution in [2.24, 2.45) is 16.2 Å². The largest absolute Gasteiger partial charge is 0.396 e. The van der Waals surface area contributed by atoms with Crippen molar-refractivity contribution < 1.29 is 596 Å². The Kier molecular flexibility index (Phi) is 217. The van der Waals surface area contributed by atoms with E-state index in [-0.39, 0.29) is 614 Å². The number of aliphatic hydroxyl groups excluding tert-OH is 15. The molecule has 0 aliphatic carbocycles. The van der Waals surface area contributed by atoms with Crippen molar-refractivity contribution >= 4 is 0 Å². The molecule has 3 unspecified atom stereocenters. The summed E-state index contributed by atoms with van der Waals surface area (Å²) in [4.78, 5) is 1.79. The van der Waals surface area contributed by atoms with Gasteiger partial charge in [0, 0.05) is 533 Å². The summed E-state index contributed by atoms with van der Waals surface area (Å²) in [7, 11) is 0. The van der Waals surface area contributed by atoms with E-state index in [0.717, 1.165) is 19.3 Å². The van der Waals surface area contributed by atoms with Gasteiger partial charge in [-0.25, -0.2) is 0 Å². The van der Waals surface area contributed by atoms with Crippen molar-refractivity contribution in [1.82, 2.24) is 4.90 Å². The molecule has 0 aromatic carbocycles. The van der Waals surface area contributed by atoms with Gasteiger partial charge in [-0.2, -0.15) is 0 Å². The molecule has 22 nitrogen and oxygen atoms in total. The van der Waals surface area contributed by atoms with Crippen LogP contribution in [0.1, 0.15) is 80.1 Å². The maximum atomic E-state index is 9.27. The van der Waals surface area contributed by atoms with Crippen molar-refractivity contribution in [2.45, 2.75) is 104 Å². The van der Waals surface area contributed by atoms with E-state index in [0.29, 0.717) is 78.5 Å². The summed E-state index contributed by atoms with van der Waals surface area (Å²) >= 11 is 0. The fraction of sp³-hybridized carbons (Fsp3) is 1.00. The number of nitrogens with zero attached hydrogens (tertiary/aromatic N) is 1. The Morgan fingerprint density at radius 2 is 0.573 bits per heavy atom. The average molecular weight is 2330 g/mol. The first-order valence-corrected chi connectivity index (χ1v) is 23.6. The van der Waals surface area contributed by atoms with Gasteiger partial charge in [-0.1, -0.05) is 20.8 Å². The Morgan fingerprint density at radius 3 is 0.732 bits per heavy atom. The Morgan fingerprint density at radius 1 is 0.329 bits per heavy atom. The minimum absolute atomic E-state index is 0. The number of hydrogen-bond acceptors (Lipinski definition) is 22. The van der Waals surface area contributed by atoms with Gasteiger partial charge in [-0.15, -0.1) is 0 Å². The fourth-order valence-corrected chi connectivity index (χ4v) is 5.09. The fourth-order valence-electron chi connectivity index (χ4n) is 5.09. The minimum atomic E-state index is -0.667. The minimum Gasteiger partial charge on any atom is -0.396 e. The van der Waals surface area contributed by atoms with Crippen molar-refractivity contribution in [1.29, 1.82) is 0 Å². The van der Waals surface area contributed by atoms with Crippen molar-refractivity contribution in [3.05, 3.63) is 0 Å². The van der Waals surface area contributed by atoms with Gasteiger partial charge < -0.3 is 105 Å². The number of rotatable bonds is 41. The third-order valence-electron chi connectivity index (χ3n) is 9.89. The number of hydrogen-bond donors (Lipinski definition) is 15. The van der Waals surface area contributed by atoms with E-state index in [1.807, 2.05) is 20.8 Å². The monoisotopic (exact) mass is 2330 g/mol. The molecule has 0 fully saturated rings. The molecule has 0 rings (SSSR count). The Bertz CT molecular complexity index is 886. The van der Waals surface area contributed by atoms with Crippen molar-refractivity contribution in [3.8, 4) is 0 Å². The van der Waals surface area contributed by atoms with E-state index in [9.17, 15) is 15.3 Å². The van der Waals surface area contributed by atoms with Gasteiger partial charge in [0.1, 0.15) is 0 Å². The molecule has 457 valence electrons. The second-order valence-corrected chi connectivity index (χ2v) is 16.5. The van der Waals surface area contributed by atoms with E-state index < -0.39 is 29.8 Å². The molecule has 82 heavy (non-hydrogen) atoms. The summed E-state index contributed by atoms with van der Waals surface area (Å²) in [5.41, 5.74) is -1.32. The maximum Gasteiger partial charge on any atom is 0.0771 e. The van der Waals surface area contributed by atoms with Crippen LogP contribution in [0.25, 0.3) is 0 Å². The first-order valence-electron chi connectivity index (χ1n) is 23.6.